The maximum absolute atomic E-state index is 3.90. The second-order valence-corrected chi connectivity index (χ2v) is 7.98. The van der Waals surface area contributed by atoms with E-state index >= 15 is 0 Å². The quantitative estimate of drug-likeness (QED) is 0.839. The molecular weight excluding hydrogens is 256 g/mol. The van der Waals surface area contributed by atoms with Gasteiger partial charge in [-0.25, -0.2) is 0 Å². The average molecular weight is 293 g/mol. The van der Waals surface area contributed by atoms with Gasteiger partial charge in [-0.3, -0.25) is 4.90 Å². The van der Waals surface area contributed by atoms with Crippen molar-refractivity contribution in [3.8, 4) is 0 Å². The Morgan fingerprint density at radius 1 is 0.952 bits per heavy atom. The Kier molecular flexibility index (Phi) is 5.61. The Morgan fingerprint density at radius 3 is 2.43 bits per heavy atom. The molecular formula is C19H36N2. The fourth-order valence-corrected chi connectivity index (χ4v) is 5.33. The molecule has 0 aromatic heterocycles. The first-order valence-corrected chi connectivity index (χ1v) is 9.78. The first-order chi connectivity index (χ1) is 10.3. The molecule has 0 radical (unpaired) electrons. The molecule has 2 nitrogen and oxygen atoms in total. The van der Waals surface area contributed by atoms with Crippen molar-refractivity contribution >= 4 is 0 Å². The molecule has 4 unspecified atom stereocenters. The van der Waals surface area contributed by atoms with Crippen molar-refractivity contribution < 1.29 is 0 Å². The number of nitrogens with zero attached hydrogens (tertiary/aromatic N) is 1. The zero-order valence-corrected chi connectivity index (χ0v) is 14.3. The lowest BCUT2D eigenvalue weighted by Crippen LogP contribution is -2.62. The number of piperazine rings is 1. The minimum atomic E-state index is 0.738. The van der Waals surface area contributed by atoms with E-state index in [1.165, 1.54) is 77.3 Å². The van der Waals surface area contributed by atoms with Gasteiger partial charge in [0.15, 0.2) is 0 Å². The second kappa shape index (κ2) is 7.46. The third-order valence-electron chi connectivity index (χ3n) is 6.69. The van der Waals surface area contributed by atoms with Crippen LogP contribution in [0, 0.1) is 11.8 Å². The molecule has 0 amide bonds. The highest BCUT2D eigenvalue weighted by Gasteiger charge is 2.37. The van der Waals surface area contributed by atoms with E-state index in [9.17, 15) is 0 Å². The minimum Gasteiger partial charge on any atom is -0.311 e. The van der Waals surface area contributed by atoms with Crippen LogP contribution in [0.5, 0.6) is 0 Å². The molecule has 1 saturated heterocycles. The average Bonchev–Trinajstić information content (AvgIpc) is 2.56. The number of nitrogens with one attached hydrogen (secondary N) is 1. The molecule has 4 atom stereocenters. The van der Waals surface area contributed by atoms with Gasteiger partial charge in [-0.2, -0.15) is 0 Å². The van der Waals surface area contributed by atoms with Gasteiger partial charge in [-0.15, -0.1) is 0 Å². The lowest BCUT2D eigenvalue weighted by atomic mass is 9.79. The normalized spacial score (nSPS) is 40.3. The van der Waals surface area contributed by atoms with Crippen LogP contribution in [-0.2, 0) is 0 Å². The molecule has 21 heavy (non-hydrogen) atoms. The predicted molar refractivity (Wildman–Crippen MR) is 90.6 cm³/mol. The van der Waals surface area contributed by atoms with E-state index in [1.54, 1.807) is 0 Å². The van der Waals surface area contributed by atoms with Gasteiger partial charge in [-0.1, -0.05) is 45.4 Å². The van der Waals surface area contributed by atoms with E-state index in [0.29, 0.717) is 0 Å². The summed E-state index contributed by atoms with van der Waals surface area (Å²) in [5.74, 6) is 1.92. The summed E-state index contributed by atoms with van der Waals surface area (Å²) in [5.41, 5.74) is 0. The molecule has 3 fully saturated rings. The van der Waals surface area contributed by atoms with E-state index in [4.69, 9.17) is 0 Å². The molecule has 0 bridgehead atoms. The number of hydrogen-bond donors (Lipinski definition) is 1. The van der Waals surface area contributed by atoms with E-state index in [-0.39, 0.29) is 0 Å². The summed E-state index contributed by atoms with van der Waals surface area (Å²) < 4.78 is 0. The Hall–Kier alpha value is -0.0800. The summed E-state index contributed by atoms with van der Waals surface area (Å²) in [6, 6.07) is 2.40. The van der Waals surface area contributed by atoms with Gasteiger partial charge < -0.3 is 5.32 Å². The van der Waals surface area contributed by atoms with E-state index in [1.807, 2.05) is 0 Å². The Labute approximate surface area is 132 Å². The van der Waals surface area contributed by atoms with E-state index in [2.05, 4.69) is 24.1 Å². The maximum Gasteiger partial charge on any atom is 0.0224 e. The van der Waals surface area contributed by atoms with Gasteiger partial charge in [0, 0.05) is 31.2 Å². The smallest absolute Gasteiger partial charge is 0.0224 e. The molecule has 3 aliphatic rings. The molecule has 0 spiro atoms. The fourth-order valence-electron chi connectivity index (χ4n) is 5.33. The Morgan fingerprint density at radius 2 is 1.67 bits per heavy atom. The highest BCUT2D eigenvalue weighted by atomic mass is 15.3. The van der Waals surface area contributed by atoms with Crippen LogP contribution in [-0.4, -0.2) is 36.1 Å². The minimum absolute atomic E-state index is 0.738. The molecule has 2 saturated carbocycles. The number of hydrogen-bond acceptors (Lipinski definition) is 2. The Balaban J connectivity index is 1.64. The van der Waals surface area contributed by atoms with Crippen LogP contribution >= 0.6 is 0 Å². The summed E-state index contributed by atoms with van der Waals surface area (Å²) in [6.45, 7) is 7.40. The first kappa shape index (κ1) is 15.8. The SMILES string of the molecule is CCC1CCCCC1N1CC(C2CCCCC2)NCC1C. The summed E-state index contributed by atoms with van der Waals surface area (Å²) in [4.78, 5) is 2.92. The molecule has 1 N–H and O–H groups in total. The Bertz CT molecular complexity index is 311. The first-order valence-electron chi connectivity index (χ1n) is 9.78. The molecule has 122 valence electrons. The molecule has 2 heteroatoms. The monoisotopic (exact) mass is 292 g/mol. The molecule has 2 aliphatic carbocycles. The van der Waals surface area contributed by atoms with Crippen molar-refractivity contribution in [2.75, 3.05) is 13.1 Å². The predicted octanol–water partition coefficient (Wildman–Crippen LogP) is 4.20. The number of rotatable bonds is 3. The van der Waals surface area contributed by atoms with Crippen molar-refractivity contribution in [3.63, 3.8) is 0 Å². The van der Waals surface area contributed by atoms with Gasteiger partial charge in [0.25, 0.3) is 0 Å². The van der Waals surface area contributed by atoms with Crippen LogP contribution in [0.2, 0.25) is 0 Å². The van der Waals surface area contributed by atoms with Crippen molar-refractivity contribution in [3.05, 3.63) is 0 Å². The van der Waals surface area contributed by atoms with Crippen LogP contribution in [0.1, 0.15) is 78.1 Å². The highest BCUT2D eigenvalue weighted by molar-refractivity contribution is 4.94. The molecule has 1 aliphatic heterocycles. The second-order valence-electron chi connectivity index (χ2n) is 7.98. The van der Waals surface area contributed by atoms with Crippen LogP contribution in [0.25, 0.3) is 0 Å². The summed E-state index contributed by atoms with van der Waals surface area (Å²) >= 11 is 0. The van der Waals surface area contributed by atoms with Crippen molar-refractivity contribution in [2.45, 2.75) is 96.2 Å². The van der Waals surface area contributed by atoms with Crippen LogP contribution < -0.4 is 5.32 Å². The van der Waals surface area contributed by atoms with Crippen molar-refractivity contribution in [1.82, 2.24) is 10.2 Å². The highest BCUT2D eigenvalue weighted by Crippen LogP contribution is 2.34. The topological polar surface area (TPSA) is 15.3 Å². The zero-order chi connectivity index (χ0) is 14.7. The molecule has 0 aromatic rings. The van der Waals surface area contributed by atoms with Gasteiger partial charge in [0.1, 0.15) is 0 Å². The fraction of sp³-hybridized carbons (Fsp3) is 1.00. The van der Waals surface area contributed by atoms with Crippen LogP contribution in [0.15, 0.2) is 0 Å². The van der Waals surface area contributed by atoms with Gasteiger partial charge in [-0.05, 0) is 44.4 Å². The van der Waals surface area contributed by atoms with Crippen molar-refractivity contribution in [2.24, 2.45) is 11.8 Å². The van der Waals surface area contributed by atoms with Crippen LogP contribution in [0.4, 0.5) is 0 Å². The molecule has 0 aromatic carbocycles. The lowest BCUT2D eigenvalue weighted by Gasteiger charge is -2.49. The summed E-state index contributed by atoms with van der Waals surface area (Å²) in [6.07, 6.45) is 14.6. The van der Waals surface area contributed by atoms with Gasteiger partial charge in [0.2, 0.25) is 0 Å². The summed E-state index contributed by atoms with van der Waals surface area (Å²) in [5, 5.41) is 3.90. The third kappa shape index (κ3) is 3.64. The lowest BCUT2D eigenvalue weighted by molar-refractivity contribution is 0.0216. The zero-order valence-electron chi connectivity index (χ0n) is 14.3. The summed E-state index contributed by atoms with van der Waals surface area (Å²) in [7, 11) is 0. The van der Waals surface area contributed by atoms with E-state index in [0.717, 1.165) is 30.0 Å². The van der Waals surface area contributed by atoms with Gasteiger partial charge >= 0.3 is 0 Å². The van der Waals surface area contributed by atoms with Crippen molar-refractivity contribution in [1.29, 1.82) is 0 Å². The van der Waals surface area contributed by atoms with E-state index < -0.39 is 0 Å². The largest absolute Gasteiger partial charge is 0.311 e. The molecule has 3 rings (SSSR count). The molecule has 1 heterocycles. The van der Waals surface area contributed by atoms with Gasteiger partial charge in [0.05, 0.1) is 0 Å². The maximum atomic E-state index is 3.90. The standard InChI is InChI=1S/C19H36N2/c1-3-16-9-7-8-12-19(16)21-14-18(20-13-15(21)2)17-10-5-4-6-11-17/h15-20H,3-14H2,1-2H3. The third-order valence-corrected chi connectivity index (χ3v) is 6.69. The van der Waals surface area contributed by atoms with Crippen LogP contribution in [0.3, 0.4) is 0 Å².